The number of carbonyl (C=O) groups is 2. The zero-order valence-electron chi connectivity index (χ0n) is 25.0. The molecule has 42 heavy (non-hydrogen) atoms. The number of unbranched alkanes of at least 4 members (excludes halogenated alkanes) is 1. The van der Waals surface area contributed by atoms with Crippen LogP contribution >= 0.6 is 15.9 Å². The van der Waals surface area contributed by atoms with Crippen LogP contribution in [0.15, 0.2) is 53.0 Å². The third kappa shape index (κ3) is 6.88. The Labute approximate surface area is 259 Å². The van der Waals surface area contributed by atoms with Gasteiger partial charge in [-0.05, 0) is 110 Å². The Hall–Kier alpha value is -2.39. The van der Waals surface area contributed by atoms with Crippen molar-refractivity contribution in [3.8, 4) is 0 Å². The smallest absolute Gasteiger partial charge is 0.244 e. The molecule has 6 rings (SSSR count). The molecule has 1 unspecified atom stereocenters. The molecular formula is C33H44BrN3O4S. The standard InChI is InChI=1S/C33H44BrN3O4S/c1-4-5-14-35-32(39)23(2)36(21-24-6-10-29(34)11-7-24)31(38)22-37(42(3,40)41)30-12-8-28(9-13-30)33-18-25-15-26(19-33)17-27(16-25)20-33/h6-13,23,25-27H,4-5,14-22H2,1-3H3,(H,35,39). The highest BCUT2D eigenvalue weighted by atomic mass is 79.9. The zero-order valence-corrected chi connectivity index (χ0v) is 27.4. The first kappa shape index (κ1) is 31.0. The summed E-state index contributed by atoms with van der Waals surface area (Å²) < 4.78 is 28.2. The van der Waals surface area contributed by atoms with Gasteiger partial charge in [0.25, 0.3) is 0 Å². The number of hydrogen-bond donors (Lipinski definition) is 1. The number of amides is 2. The second-order valence-corrected chi connectivity index (χ2v) is 15.8. The first-order chi connectivity index (χ1) is 20.0. The van der Waals surface area contributed by atoms with Gasteiger partial charge in [-0.25, -0.2) is 8.42 Å². The molecule has 1 atom stereocenters. The van der Waals surface area contributed by atoms with E-state index in [2.05, 4.69) is 33.4 Å². The van der Waals surface area contributed by atoms with Crippen molar-refractivity contribution in [2.45, 2.75) is 83.2 Å². The summed E-state index contributed by atoms with van der Waals surface area (Å²) in [6.07, 6.45) is 10.7. The van der Waals surface area contributed by atoms with Crippen LogP contribution in [0.1, 0.15) is 76.3 Å². The number of anilines is 1. The van der Waals surface area contributed by atoms with Gasteiger partial charge >= 0.3 is 0 Å². The average Bonchev–Trinajstić information content (AvgIpc) is 2.94. The molecule has 9 heteroatoms. The highest BCUT2D eigenvalue weighted by molar-refractivity contribution is 9.10. The molecule has 0 saturated heterocycles. The van der Waals surface area contributed by atoms with Crippen LogP contribution in [-0.2, 0) is 31.6 Å². The number of carbonyl (C=O) groups excluding carboxylic acids is 2. The first-order valence-electron chi connectivity index (χ1n) is 15.4. The molecule has 2 amide bonds. The molecule has 2 aromatic rings. The van der Waals surface area contributed by atoms with Gasteiger partial charge in [0.1, 0.15) is 12.6 Å². The van der Waals surface area contributed by atoms with Gasteiger partial charge < -0.3 is 10.2 Å². The topological polar surface area (TPSA) is 86.8 Å². The minimum absolute atomic E-state index is 0.192. The van der Waals surface area contributed by atoms with Crippen LogP contribution in [0.4, 0.5) is 5.69 Å². The van der Waals surface area contributed by atoms with Crippen LogP contribution in [-0.4, -0.2) is 50.5 Å². The van der Waals surface area contributed by atoms with Crippen molar-refractivity contribution in [2.75, 3.05) is 23.7 Å². The average molecular weight is 659 g/mol. The van der Waals surface area contributed by atoms with E-state index in [9.17, 15) is 18.0 Å². The van der Waals surface area contributed by atoms with Crippen molar-refractivity contribution in [3.63, 3.8) is 0 Å². The molecule has 1 N–H and O–H groups in total. The lowest BCUT2D eigenvalue weighted by atomic mass is 9.48. The largest absolute Gasteiger partial charge is 0.354 e. The third-order valence-electron chi connectivity index (χ3n) is 9.75. The summed E-state index contributed by atoms with van der Waals surface area (Å²) in [5.74, 6) is 1.78. The second-order valence-electron chi connectivity index (χ2n) is 13.0. The van der Waals surface area contributed by atoms with Crippen LogP contribution < -0.4 is 9.62 Å². The Kier molecular flexibility index (Phi) is 9.38. The number of rotatable bonds is 12. The third-order valence-corrected chi connectivity index (χ3v) is 11.4. The lowest BCUT2D eigenvalue weighted by molar-refractivity contribution is -0.139. The van der Waals surface area contributed by atoms with Gasteiger partial charge in [0, 0.05) is 17.6 Å². The number of nitrogens with zero attached hydrogens (tertiary/aromatic N) is 2. The maximum atomic E-state index is 13.8. The monoisotopic (exact) mass is 657 g/mol. The molecule has 0 spiro atoms. The molecule has 7 nitrogen and oxygen atoms in total. The molecule has 4 aliphatic carbocycles. The van der Waals surface area contributed by atoms with E-state index in [1.165, 1.54) is 53.3 Å². The summed E-state index contributed by atoms with van der Waals surface area (Å²) in [6.45, 7) is 4.10. The summed E-state index contributed by atoms with van der Waals surface area (Å²) in [5, 5.41) is 2.92. The Bertz CT molecular complexity index is 1340. The number of halogens is 1. The predicted octanol–water partition coefficient (Wildman–Crippen LogP) is 6.02. The SMILES string of the molecule is CCCCNC(=O)C(C)N(Cc1ccc(Br)cc1)C(=O)CN(c1ccc(C23CC4CC(CC(C4)C2)C3)cc1)S(C)(=O)=O. The van der Waals surface area contributed by atoms with Gasteiger partial charge in [0.15, 0.2) is 0 Å². The van der Waals surface area contributed by atoms with Crippen molar-refractivity contribution in [3.05, 3.63) is 64.1 Å². The highest BCUT2D eigenvalue weighted by Gasteiger charge is 2.51. The molecule has 0 aromatic heterocycles. The Morgan fingerprint density at radius 1 is 0.976 bits per heavy atom. The molecule has 4 fully saturated rings. The van der Waals surface area contributed by atoms with Crippen LogP contribution in [0, 0.1) is 17.8 Å². The molecule has 0 aliphatic heterocycles. The minimum Gasteiger partial charge on any atom is -0.354 e. The van der Waals surface area contributed by atoms with Crippen molar-refractivity contribution in [1.82, 2.24) is 10.2 Å². The van der Waals surface area contributed by atoms with Crippen molar-refractivity contribution >= 4 is 43.5 Å². The van der Waals surface area contributed by atoms with Gasteiger partial charge in [-0.15, -0.1) is 0 Å². The summed E-state index contributed by atoms with van der Waals surface area (Å²) in [6, 6.07) is 14.7. The molecule has 0 radical (unpaired) electrons. The van der Waals surface area contributed by atoms with Gasteiger partial charge in [-0.3, -0.25) is 13.9 Å². The maximum absolute atomic E-state index is 13.8. The van der Waals surface area contributed by atoms with E-state index in [0.717, 1.165) is 46.9 Å². The summed E-state index contributed by atoms with van der Waals surface area (Å²) in [5.41, 5.74) is 2.84. The van der Waals surface area contributed by atoms with E-state index >= 15 is 0 Å². The summed E-state index contributed by atoms with van der Waals surface area (Å²) >= 11 is 3.44. The number of nitrogens with one attached hydrogen (secondary N) is 1. The van der Waals surface area contributed by atoms with Crippen LogP contribution in [0.2, 0.25) is 0 Å². The first-order valence-corrected chi connectivity index (χ1v) is 18.0. The molecular weight excluding hydrogens is 614 g/mol. The van der Waals surface area contributed by atoms with Crippen molar-refractivity contribution < 1.29 is 18.0 Å². The summed E-state index contributed by atoms with van der Waals surface area (Å²) in [7, 11) is -3.77. The van der Waals surface area contributed by atoms with E-state index in [1.54, 1.807) is 6.92 Å². The molecule has 228 valence electrons. The highest BCUT2D eigenvalue weighted by Crippen LogP contribution is 2.60. The number of hydrogen-bond acceptors (Lipinski definition) is 4. The fraction of sp³-hybridized carbons (Fsp3) is 0.576. The van der Waals surface area contributed by atoms with Crippen LogP contribution in [0.25, 0.3) is 0 Å². The molecule has 2 aromatic carbocycles. The van der Waals surface area contributed by atoms with E-state index in [4.69, 9.17) is 0 Å². The Morgan fingerprint density at radius 2 is 1.55 bits per heavy atom. The normalized spacial score (nSPS) is 25.2. The fourth-order valence-electron chi connectivity index (χ4n) is 7.96. The fourth-order valence-corrected chi connectivity index (χ4v) is 9.08. The lowest BCUT2D eigenvalue weighted by Crippen LogP contribution is -2.51. The van der Waals surface area contributed by atoms with Gasteiger partial charge in [-0.2, -0.15) is 0 Å². The Balaban J connectivity index is 1.36. The number of benzene rings is 2. The molecule has 4 aliphatic rings. The van der Waals surface area contributed by atoms with Gasteiger partial charge in [0.05, 0.1) is 11.9 Å². The number of sulfonamides is 1. The second kappa shape index (κ2) is 12.7. The van der Waals surface area contributed by atoms with E-state index < -0.39 is 22.0 Å². The zero-order chi connectivity index (χ0) is 30.1. The minimum atomic E-state index is -3.77. The molecule has 4 bridgehead atoms. The molecule has 4 saturated carbocycles. The van der Waals surface area contributed by atoms with Crippen LogP contribution in [0.5, 0.6) is 0 Å². The lowest BCUT2D eigenvalue weighted by Gasteiger charge is -2.57. The van der Waals surface area contributed by atoms with Crippen LogP contribution in [0.3, 0.4) is 0 Å². The summed E-state index contributed by atoms with van der Waals surface area (Å²) in [4.78, 5) is 28.3. The van der Waals surface area contributed by atoms with E-state index in [1.807, 2.05) is 43.3 Å². The van der Waals surface area contributed by atoms with Crippen molar-refractivity contribution in [2.24, 2.45) is 17.8 Å². The van der Waals surface area contributed by atoms with Gasteiger partial charge in [-0.1, -0.05) is 53.5 Å². The van der Waals surface area contributed by atoms with E-state index in [0.29, 0.717) is 12.2 Å². The van der Waals surface area contributed by atoms with Gasteiger partial charge in [0.2, 0.25) is 21.8 Å². The van der Waals surface area contributed by atoms with Crippen molar-refractivity contribution in [1.29, 1.82) is 0 Å². The molecule has 0 heterocycles. The van der Waals surface area contributed by atoms with E-state index in [-0.39, 0.29) is 24.4 Å². The maximum Gasteiger partial charge on any atom is 0.244 e. The quantitative estimate of drug-likeness (QED) is 0.283. The predicted molar refractivity (Wildman–Crippen MR) is 171 cm³/mol. The Morgan fingerprint density at radius 3 is 2.07 bits per heavy atom.